The average Bonchev–Trinajstić information content (AvgIpc) is 3.08. The van der Waals surface area contributed by atoms with Gasteiger partial charge in [0.05, 0.1) is 23.7 Å². The minimum Gasteiger partial charge on any atom is -0.494 e. The van der Waals surface area contributed by atoms with Crippen molar-refractivity contribution in [3.63, 3.8) is 0 Å². The lowest BCUT2D eigenvalue weighted by atomic mass is 10.2. The third kappa shape index (κ3) is 4.80. The number of para-hydroxylation sites is 2. The van der Waals surface area contributed by atoms with E-state index in [1.54, 1.807) is 0 Å². The van der Waals surface area contributed by atoms with Crippen molar-refractivity contribution in [1.82, 2.24) is 14.9 Å². The van der Waals surface area contributed by atoms with Gasteiger partial charge < -0.3 is 14.6 Å². The topological polar surface area (TPSA) is 56.2 Å². The Balaban J connectivity index is 1.64. The van der Waals surface area contributed by atoms with Crippen molar-refractivity contribution in [2.24, 2.45) is 0 Å². The largest absolute Gasteiger partial charge is 0.494 e. The molecule has 1 N–H and O–H groups in total. The summed E-state index contributed by atoms with van der Waals surface area (Å²) in [6.07, 6.45) is 3.18. The number of fused-ring (bicyclic) bond motifs is 1. The zero-order valence-corrected chi connectivity index (χ0v) is 16.5. The molecule has 0 saturated heterocycles. The Morgan fingerprint density at radius 1 is 1.21 bits per heavy atom. The number of aryl methyl sites for hydroxylation is 2. The lowest BCUT2D eigenvalue weighted by molar-refractivity contribution is -0.117. The normalized spacial score (nSPS) is 11.9. The van der Waals surface area contributed by atoms with Gasteiger partial charge in [-0.05, 0) is 57.0 Å². The van der Waals surface area contributed by atoms with Crippen LogP contribution in [0.4, 0.5) is 0 Å². The van der Waals surface area contributed by atoms with E-state index < -0.39 is 0 Å². The predicted molar refractivity (Wildman–Crippen MR) is 112 cm³/mol. The molecule has 0 saturated carbocycles. The second-order valence-corrected chi connectivity index (χ2v) is 6.91. The van der Waals surface area contributed by atoms with E-state index in [4.69, 9.17) is 9.72 Å². The first-order valence-electron chi connectivity index (χ1n) is 9.66. The Morgan fingerprint density at radius 2 is 1.96 bits per heavy atom. The maximum absolute atomic E-state index is 11.7. The highest BCUT2D eigenvalue weighted by Crippen LogP contribution is 2.22. The lowest BCUT2D eigenvalue weighted by Crippen LogP contribution is -2.27. The zero-order chi connectivity index (χ0) is 19.9. The van der Waals surface area contributed by atoms with E-state index in [0.717, 1.165) is 42.0 Å². The fraction of sp³-hybridized carbons (Fsp3) is 0.304. The second kappa shape index (κ2) is 9.22. The van der Waals surface area contributed by atoms with Gasteiger partial charge in [-0.3, -0.25) is 4.79 Å². The molecule has 0 spiro atoms. The molecule has 0 radical (unpaired) electrons. The summed E-state index contributed by atoms with van der Waals surface area (Å²) in [5.41, 5.74) is 3.24. The first-order chi connectivity index (χ1) is 13.6. The summed E-state index contributed by atoms with van der Waals surface area (Å²) in [6.45, 7) is 9.02. The summed E-state index contributed by atoms with van der Waals surface area (Å²) in [6, 6.07) is 16.0. The molecule has 28 heavy (non-hydrogen) atoms. The van der Waals surface area contributed by atoms with E-state index in [0.29, 0.717) is 6.61 Å². The van der Waals surface area contributed by atoms with Gasteiger partial charge in [0.2, 0.25) is 5.91 Å². The Labute approximate surface area is 166 Å². The molecule has 1 heterocycles. The van der Waals surface area contributed by atoms with Gasteiger partial charge in [0.1, 0.15) is 11.6 Å². The summed E-state index contributed by atoms with van der Waals surface area (Å²) >= 11 is 0. The molecule has 2 aromatic carbocycles. The fourth-order valence-corrected chi connectivity index (χ4v) is 3.19. The van der Waals surface area contributed by atoms with Crippen LogP contribution in [0.1, 0.15) is 37.2 Å². The number of hydrogen-bond donors (Lipinski definition) is 1. The maximum atomic E-state index is 11.7. The van der Waals surface area contributed by atoms with Crippen LogP contribution >= 0.6 is 0 Å². The number of hydrogen-bond acceptors (Lipinski definition) is 3. The number of nitrogens with zero attached hydrogens (tertiary/aromatic N) is 2. The van der Waals surface area contributed by atoms with Crippen LogP contribution in [0.3, 0.4) is 0 Å². The zero-order valence-electron chi connectivity index (χ0n) is 16.5. The standard InChI is InChI=1S/C23H27N3O2/c1-4-22(27)24-18(3)23-25-20-9-5-6-10-21(20)26(23)15-7-8-16-28-19-13-11-17(2)12-14-19/h4-6,9-14,18H,1,7-8,15-16H2,2-3H3,(H,24,27). The highest BCUT2D eigenvalue weighted by Gasteiger charge is 2.17. The number of amides is 1. The molecule has 1 aromatic heterocycles. The van der Waals surface area contributed by atoms with Crippen molar-refractivity contribution < 1.29 is 9.53 Å². The van der Waals surface area contributed by atoms with Crippen molar-refractivity contribution in [2.45, 2.75) is 39.3 Å². The first kappa shape index (κ1) is 19.7. The molecule has 0 aliphatic carbocycles. The maximum Gasteiger partial charge on any atom is 0.243 e. The highest BCUT2D eigenvalue weighted by molar-refractivity contribution is 5.87. The molecular formula is C23H27N3O2. The summed E-state index contributed by atoms with van der Waals surface area (Å²) in [7, 11) is 0. The number of unbranched alkanes of at least 4 members (excludes halogenated alkanes) is 1. The van der Waals surface area contributed by atoms with Gasteiger partial charge in [-0.25, -0.2) is 4.98 Å². The number of carbonyl (C=O) groups is 1. The van der Waals surface area contributed by atoms with Gasteiger partial charge in [0.15, 0.2) is 0 Å². The molecule has 0 fully saturated rings. The van der Waals surface area contributed by atoms with Crippen molar-refractivity contribution >= 4 is 16.9 Å². The molecule has 0 aliphatic heterocycles. The Kier molecular flexibility index (Phi) is 6.48. The van der Waals surface area contributed by atoms with Crippen LogP contribution < -0.4 is 10.1 Å². The third-order valence-electron chi connectivity index (χ3n) is 4.68. The van der Waals surface area contributed by atoms with Gasteiger partial charge >= 0.3 is 0 Å². The number of aromatic nitrogens is 2. The van der Waals surface area contributed by atoms with Crippen molar-refractivity contribution in [3.8, 4) is 5.75 Å². The van der Waals surface area contributed by atoms with Crippen molar-refractivity contribution in [2.75, 3.05) is 6.61 Å². The molecule has 0 bridgehead atoms. The van der Waals surface area contributed by atoms with E-state index in [-0.39, 0.29) is 11.9 Å². The smallest absolute Gasteiger partial charge is 0.243 e. The number of carbonyl (C=O) groups excluding carboxylic acids is 1. The minimum absolute atomic E-state index is 0.193. The van der Waals surface area contributed by atoms with Gasteiger partial charge in [0.25, 0.3) is 0 Å². The Bertz CT molecular complexity index is 944. The van der Waals surface area contributed by atoms with E-state index in [9.17, 15) is 4.79 Å². The molecule has 3 rings (SSSR count). The van der Waals surface area contributed by atoms with Crippen LogP contribution in [0.15, 0.2) is 61.2 Å². The number of nitrogens with one attached hydrogen (secondary N) is 1. The van der Waals surface area contributed by atoms with Crippen LogP contribution in [0.5, 0.6) is 5.75 Å². The Hall–Kier alpha value is -3.08. The summed E-state index contributed by atoms with van der Waals surface area (Å²) in [5, 5.41) is 2.91. The van der Waals surface area contributed by atoms with Crippen LogP contribution in [0, 0.1) is 6.92 Å². The van der Waals surface area contributed by atoms with Gasteiger partial charge in [-0.2, -0.15) is 0 Å². The van der Waals surface area contributed by atoms with Crippen molar-refractivity contribution in [3.05, 3.63) is 72.6 Å². The number of imidazole rings is 1. The molecule has 5 nitrogen and oxygen atoms in total. The molecule has 1 unspecified atom stereocenters. The van der Waals surface area contributed by atoms with Gasteiger partial charge in [0, 0.05) is 6.54 Å². The molecule has 146 valence electrons. The predicted octanol–water partition coefficient (Wildman–Crippen LogP) is 4.57. The molecule has 3 aromatic rings. The number of ether oxygens (including phenoxy) is 1. The minimum atomic E-state index is -0.197. The van der Waals surface area contributed by atoms with E-state index in [1.807, 2.05) is 37.3 Å². The first-order valence-corrected chi connectivity index (χ1v) is 9.66. The monoisotopic (exact) mass is 377 g/mol. The summed E-state index contributed by atoms with van der Waals surface area (Å²) < 4.78 is 8.01. The molecular weight excluding hydrogens is 350 g/mol. The fourth-order valence-electron chi connectivity index (χ4n) is 3.19. The highest BCUT2D eigenvalue weighted by atomic mass is 16.5. The SMILES string of the molecule is C=CC(=O)NC(C)c1nc2ccccc2n1CCCCOc1ccc(C)cc1. The summed E-state index contributed by atoms with van der Waals surface area (Å²) in [5.74, 6) is 1.56. The number of benzene rings is 2. The van der Waals surface area contributed by atoms with Crippen molar-refractivity contribution in [1.29, 1.82) is 0 Å². The van der Waals surface area contributed by atoms with Crippen LogP contribution in [-0.2, 0) is 11.3 Å². The molecule has 0 aliphatic rings. The molecule has 1 atom stereocenters. The van der Waals surface area contributed by atoms with Crippen LogP contribution in [0.25, 0.3) is 11.0 Å². The van der Waals surface area contributed by atoms with E-state index in [1.165, 1.54) is 11.6 Å². The van der Waals surface area contributed by atoms with E-state index >= 15 is 0 Å². The number of rotatable bonds is 9. The van der Waals surface area contributed by atoms with Gasteiger partial charge in [-0.1, -0.05) is 36.4 Å². The quantitative estimate of drug-likeness (QED) is 0.439. The second-order valence-electron chi connectivity index (χ2n) is 6.91. The summed E-state index contributed by atoms with van der Waals surface area (Å²) in [4.78, 5) is 16.4. The van der Waals surface area contributed by atoms with Crippen LogP contribution in [-0.4, -0.2) is 22.1 Å². The van der Waals surface area contributed by atoms with E-state index in [2.05, 4.69) is 41.6 Å². The van der Waals surface area contributed by atoms with Gasteiger partial charge in [-0.15, -0.1) is 0 Å². The molecule has 5 heteroatoms. The third-order valence-corrected chi connectivity index (χ3v) is 4.68. The molecule has 1 amide bonds. The van der Waals surface area contributed by atoms with Crippen LogP contribution in [0.2, 0.25) is 0 Å². The lowest BCUT2D eigenvalue weighted by Gasteiger charge is -2.15. The Morgan fingerprint density at radius 3 is 2.71 bits per heavy atom. The average molecular weight is 377 g/mol.